The quantitative estimate of drug-likeness (QED) is 0.542. The van der Waals surface area contributed by atoms with E-state index in [2.05, 4.69) is 15.7 Å². The summed E-state index contributed by atoms with van der Waals surface area (Å²) in [5, 5.41) is 17.7. The Bertz CT molecular complexity index is 1180. The third-order valence-electron chi connectivity index (χ3n) is 4.89. The fourth-order valence-corrected chi connectivity index (χ4v) is 5.45. The molecule has 0 aliphatic carbocycles. The first kappa shape index (κ1) is 24.2. The SMILES string of the molecule is CC(=O)NCC1CN(S(=O)(=O)c2c(C)nn(CC(F)F)c2C)c2cc(NC(=O)O)ccc2O1. The van der Waals surface area contributed by atoms with Gasteiger partial charge in [0.2, 0.25) is 5.91 Å². The molecule has 0 radical (unpaired) electrons. The zero-order valence-electron chi connectivity index (χ0n) is 18.0. The van der Waals surface area contributed by atoms with Crippen molar-refractivity contribution in [3.05, 3.63) is 29.6 Å². The molecular formula is C19H23F2N5O6S. The average molecular weight is 487 g/mol. The summed E-state index contributed by atoms with van der Waals surface area (Å²) in [6, 6.07) is 4.10. The molecule has 1 unspecified atom stereocenters. The smallest absolute Gasteiger partial charge is 0.409 e. The van der Waals surface area contributed by atoms with Crippen LogP contribution in [0.25, 0.3) is 0 Å². The van der Waals surface area contributed by atoms with E-state index < -0.39 is 35.2 Å². The molecule has 0 fully saturated rings. The zero-order valence-corrected chi connectivity index (χ0v) is 18.8. The lowest BCUT2D eigenvalue weighted by Gasteiger charge is -2.35. The molecule has 1 aromatic carbocycles. The number of anilines is 2. The maximum absolute atomic E-state index is 13.7. The minimum absolute atomic E-state index is 0.0124. The molecule has 33 heavy (non-hydrogen) atoms. The van der Waals surface area contributed by atoms with Gasteiger partial charge in [-0.25, -0.2) is 22.0 Å². The first-order valence-corrected chi connectivity index (χ1v) is 11.2. The molecule has 0 bridgehead atoms. The second-order valence-electron chi connectivity index (χ2n) is 7.40. The minimum atomic E-state index is -4.33. The summed E-state index contributed by atoms with van der Waals surface area (Å²) in [5.41, 5.74) is 0.242. The van der Waals surface area contributed by atoms with E-state index >= 15 is 0 Å². The van der Waals surface area contributed by atoms with E-state index in [0.29, 0.717) is 0 Å². The summed E-state index contributed by atoms with van der Waals surface area (Å²) in [6.07, 6.45) is -4.83. The number of nitrogens with zero attached hydrogens (tertiary/aromatic N) is 3. The standard InChI is InChI=1S/C19H23F2N5O6S/c1-10-18(11(2)25(24-10)9-17(20)21)33(30,31)26-8-14(7-22-12(3)27)32-16-5-4-13(6-15(16)26)23-19(28)29/h4-6,14,17,23H,7-9H2,1-3H3,(H,22,27)(H,28,29). The van der Waals surface area contributed by atoms with E-state index in [4.69, 9.17) is 9.84 Å². The summed E-state index contributed by atoms with van der Waals surface area (Å²) in [6.45, 7) is 3.12. The molecule has 1 aromatic heterocycles. The Kier molecular flexibility index (Phi) is 6.76. The number of carbonyl (C=O) groups excluding carboxylic acids is 1. The number of aromatic nitrogens is 2. The zero-order chi connectivity index (χ0) is 24.5. The molecule has 3 rings (SSSR count). The first-order chi connectivity index (χ1) is 15.4. The number of ether oxygens (including phenoxy) is 1. The van der Waals surface area contributed by atoms with Gasteiger partial charge >= 0.3 is 6.09 Å². The predicted molar refractivity (Wildman–Crippen MR) is 113 cm³/mol. The molecule has 2 heterocycles. The van der Waals surface area contributed by atoms with Gasteiger partial charge in [0.15, 0.2) is 0 Å². The molecule has 3 N–H and O–H groups in total. The number of hydrogen-bond acceptors (Lipinski definition) is 6. The van der Waals surface area contributed by atoms with Crippen molar-refractivity contribution in [2.75, 3.05) is 22.7 Å². The third kappa shape index (κ3) is 5.16. The Morgan fingerprint density at radius 1 is 1.33 bits per heavy atom. The molecule has 1 atom stereocenters. The van der Waals surface area contributed by atoms with E-state index in [0.717, 1.165) is 8.99 Å². The third-order valence-corrected chi connectivity index (χ3v) is 6.93. The van der Waals surface area contributed by atoms with Gasteiger partial charge in [-0.2, -0.15) is 5.10 Å². The Hall–Kier alpha value is -3.42. The second-order valence-corrected chi connectivity index (χ2v) is 9.20. The van der Waals surface area contributed by atoms with Crippen LogP contribution in [-0.4, -0.2) is 60.9 Å². The highest BCUT2D eigenvalue weighted by Gasteiger charge is 2.38. The van der Waals surface area contributed by atoms with Crippen LogP contribution in [0.2, 0.25) is 0 Å². The summed E-state index contributed by atoms with van der Waals surface area (Å²) in [7, 11) is -4.33. The van der Waals surface area contributed by atoms with Crippen molar-refractivity contribution < 1.29 is 36.6 Å². The number of carbonyl (C=O) groups is 2. The number of hydrogen-bond donors (Lipinski definition) is 3. The molecule has 0 saturated heterocycles. The molecular weight excluding hydrogens is 464 g/mol. The summed E-state index contributed by atoms with van der Waals surface area (Å²) >= 11 is 0. The van der Waals surface area contributed by atoms with Crippen LogP contribution < -0.4 is 19.7 Å². The van der Waals surface area contributed by atoms with Gasteiger partial charge in [-0.15, -0.1) is 0 Å². The van der Waals surface area contributed by atoms with Crippen molar-refractivity contribution in [3.8, 4) is 5.75 Å². The van der Waals surface area contributed by atoms with Gasteiger partial charge in [-0.05, 0) is 32.0 Å². The predicted octanol–water partition coefficient (Wildman–Crippen LogP) is 1.95. The minimum Gasteiger partial charge on any atom is -0.484 e. The van der Waals surface area contributed by atoms with Crippen LogP contribution in [0.15, 0.2) is 23.1 Å². The summed E-state index contributed by atoms with van der Waals surface area (Å²) < 4.78 is 61.0. The molecule has 1 aliphatic heterocycles. The van der Waals surface area contributed by atoms with Crippen LogP contribution in [0, 0.1) is 13.8 Å². The highest BCUT2D eigenvalue weighted by atomic mass is 32.2. The van der Waals surface area contributed by atoms with E-state index in [1.54, 1.807) is 0 Å². The van der Waals surface area contributed by atoms with Crippen LogP contribution >= 0.6 is 0 Å². The van der Waals surface area contributed by atoms with Crippen LogP contribution in [0.4, 0.5) is 25.0 Å². The molecule has 2 amide bonds. The van der Waals surface area contributed by atoms with E-state index in [-0.39, 0.29) is 52.4 Å². The number of nitrogens with one attached hydrogen (secondary N) is 2. The van der Waals surface area contributed by atoms with Crippen molar-refractivity contribution in [1.82, 2.24) is 15.1 Å². The number of amides is 2. The summed E-state index contributed by atoms with van der Waals surface area (Å²) in [5.74, 6) is -0.189. The summed E-state index contributed by atoms with van der Waals surface area (Å²) in [4.78, 5) is 22.1. The number of alkyl halides is 2. The molecule has 0 spiro atoms. The Morgan fingerprint density at radius 3 is 2.64 bits per heavy atom. The largest absolute Gasteiger partial charge is 0.484 e. The molecule has 11 nitrogen and oxygen atoms in total. The number of fused-ring (bicyclic) bond motifs is 1. The van der Waals surface area contributed by atoms with Crippen molar-refractivity contribution in [2.24, 2.45) is 0 Å². The van der Waals surface area contributed by atoms with E-state index in [1.807, 2.05) is 0 Å². The van der Waals surface area contributed by atoms with Gasteiger partial charge in [-0.1, -0.05) is 0 Å². The Morgan fingerprint density at radius 2 is 2.03 bits per heavy atom. The van der Waals surface area contributed by atoms with E-state index in [9.17, 15) is 26.8 Å². The number of carboxylic acid groups (broad SMARTS) is 1. The van der Waals surface area contributed by atoms with Crippen molar-refractivity contribution >= 4 is 33.4 Å². The fourth-order valence-electron chi connectivity index (χ4n) is 3.58. The number of aryl methyl sites for hydroxylation is 1. The topological polar surface area (TPSA) is 143 Å². The lowest BCUT2D eigenvalue weighted by atomic mass is 10.2. The molecule has 0 saturated carbocycles. The Labute approximate surface area is 188 Å². The van der Waals surface area contributed by atoms with Gasteiger partial charge in [0.1, 0.15) is 23.3 Å². The molecule has 2 aromatic rings. The number of benzene rings is 1. The van der Waals surface area contributed by atoms with Crippen molar-refractivity contribution in [1.29, 1.82) is 0 Å². The molecule has 180 valence electrons. The maximum Gasteiger partial charge on any atom is 0.409 e. The average Bonchev–Trinajstić information content (AvgIpc) is 2.98. The Balaban J connectivity index is 2.09. The van der Waals surface area contributed by atoms with Crippen LogP contribution in [0.3, 0.4) is 0 Å². The first-order valence-electron chi connectivity index (χ1n) is 9.80. The van der Waals surface area contributed by atoms with Gasteiger partial charge in [0, 0.05) is 12.6 Å². The number of halogens is 2. The maximum atomic E-state index is 13.7. The second kappa shape index (κ2) is 9.21. The van der Waals surface area contributed by atoms with Gasteiger partial charge in [-0.3, -0.25) is 19.1 Å². The van der Waals surface area contributed by atoms with E-state index in [1.165, 1.54) is 39.0 Å². The van der Waals surface area contributed by atoms with Gasteiger partial charge < -0.3 is 15.2 Å². The monoisotopic (exact) mass is 487 g/mol. The highest BCUT2D eigenvalue weighted by molar-refractivity contribution is 7.93. The van der Waals surface area contributed by atoms with Crippen molar-refractivity contribution in [3.63, 3.8) is 0 Å². The molecule has 1 aliphatic rings. The lowest BCUT2D eigenvalue weighted by molar-refractivity contribution is -0.119. The highest BCUT2D eigenvalue weighted by Crippen LogP contribution is 2.40. The fraction of sp³-hybridized carbons (Fsp3) is 0.421. The normalized spacial score (nSPS) is 15.7. The van der Waals surface area contributed by atoms with Crippen LogP contribution in [0.5, 0.6) is 5.75 Å². The van der Waals surface area contributed by atoms with Crippen LogP contribution in [0.1, 0.15) is 18.3 Å². The molecule has 14 heteroatoms. The number of sulfonamides is 1. The van der Waals surface area contributed by atoms with Gasteiger partial charge in [0.25, 0.3) is 16.4 Å². The lowest BCUT2D eigenvalue weighted by Crippen LogP contribution is -2.48. The number of rotatable bonds is 7. The van der Waals surface area contributed by atoms with Crippen LogP contribution in [-0.2, 0) is 21.4 Å². The van der Waals surface area contributed by atoms with Gasteiger partial charge in [0.05, 0.1) is 30.2 Å². The van der Waals surface area contributed by atoms with Crippen molar-refractivity contribution in [2.45, 2.75) is 44.7 Å².